The zero-order valence-electron chi connectivity index (χ0n) is 12.3. The minimum atomic E-state index is -4.28. The summed E-state index contributed by atoms with van der Waals surface area (Å²) in [6.45, 7) is 0. The molecule has 0 N–H and O–H groups in total. The van der Waals surface area contributed by atoms with Gasteiger partial charge in [0, 0.05) is 24.5 Å². The van der Waals surface area contributed by atoms with E-state index in [1.165, 1.54) is 0 Å². The van der Waals surface area contributed by atoms with Gasteiger partial charge >= 0.3 is 6.11 Å². The summed E-state index contributed by atoms with van der Waals surface area (Å²) in [5.41, 5.74) is -0.873. The molecule has 5 nitrogen and oxygen atoms in total. The van der Waals surface area contributed by atoms with Crippen molar-refractivity contribution in [1.29, 1.82) is 0 Å². The number of ether oxygens (including phenoxy) is 2. The van der Waals surface area contributed by atoms with E-state index in [0.29, 0.717) is 6.07 Å². The van der Waals surface area contributed by atoms with Gasteiger partial charge in [0.2, 0.25) is 0 Å². The van der Waals surface area contributed by atoms with Crippen LogP contribution in [0.2, 0.25) is 0 Å². The van der Waals surface area contributed by atoms with E-state index >= 15 is 0 Å². The number of benzene rings is 2. The minimum absolute atomic E-state index is 0.391. The highest BCUT2D eigenvalue weighted by atomic mass is 32.2. The molecule has 0 spiro atoms. The lowest BCUT2D eigenvalue weighted by atomic mass is 10.1. The topological polar surface area (TPSA) is 69.7 Å². The number of rotatable bonds is 3. The van der Waals surface area contributed by atoms with E-state index in [4.69, 9.17) is 4.74 Å². The second-order valence-electron chi connectivity index (χ2n) is 5.19. The molecule has 2 aromatic rings. The lowest BCUT2D eigenvalue weighted by molar-refractivity contribution is -0.124. The van der Waals surface area contributed by atoms with Crippen molar-refractivity contribution in [3.05, 3.63) is 47.5 Å². The van der Waals surface area contributed by atoms with Crippen molar-refractivity contribution in [2.45, 2.75) is 11.0 Å². The molecule has 0 aromatic heterocycles. The van der Waals surface area contributed by atoms with Gasteiger partial charge < -0.3 is 9.47 Å². The molecular formula is C15H8F4O5S. The van der Waals surface area contributed by atoms with E-state index in [0.717, 1.165) is 30.5 Å². The van der Waals surface area contributed by atoms with Gasteiger partial charge in [0.05, 0.1) is 10.5 Å². The van der Waals surface area contributed by atoms with Crippen molar-refractivity contribution in [1.82, 2.24) is 0 Å². The van der Waals surface area contributed by atoms with Crippen LogP contribution in [0, 0.1) is 11.6 Å². The highest BCUT2D eigenvalue weighted by Gasteiger charge is 2.53. The normalized spacial score (nSPS) is 15.6. The summed E-state index contributed by atoms with van der Waals surface area (Å²) >= 11 is 0. The second-order valence-corrected chi connectivity index (χ2v) is 7.18. The number of Topliss-reactive ketones (excluding diaryl/α,β-unsaturated/α-hetero) is 1. The molecule has 132 valence electrons. The Bertz CT molecular complexity index is 981. The van der Waals surface area contributed by atoms with Crippen LogP contribution in [-0.4, -0.2) is 26.6 Å². The fraction of sp³-hybridized carbons (Fsp3) is 0.133. The number of fused-ring (bicyclic) bond motifs is 1. The predicted octanol–water partition coefficient (Wildman–Crippen LogP) is 3.33. The third-order valence-corrected chi connectivity index (χ3v) is 4.41. The second kappa shape index (κ2) is 5.45. The summed E-state index contributed by atoms with van der Waals surface area (Å²) in [5.74, 6) is -5.51. The van der Waals surface area contributed by atoms with Crippen molar-refractivity contribution in [3.8, 4) is 17.2 Å². The lowest BCUT2D eigenvalue weighted by Crippen LogP contribution is -2.28. The molecule has 0 bridgehead atoms. The molecule has 0 unspecified atom stereocenters. The summed E-state index contributed by atoms with van der Waals surface area (Å²) in [5, 5.41) is 0. The molecule has 1 heterocycles. The number of carbonyl (C=O) groups excluding carboxylic acids is 1. The first-order chi connectivity index (χ1) is 11.5. The minimum Gasteiger partial charge on any atom is -0.453 e. The quantitative estimate of drug-likeness (QED) is 0.769. The Morgan fingerprint density at radius 2 is 1.68 bits per heavy atom. The number of carbonyl (C=O) groups is 1. The van der Waals surface area contributed by atoms with Gasteiger partial charge in [0.15, 0.2) is 21.3 Å². The number of halogens is 4. The zero-order valence-corrected chi connectivity index (χ0v) is 13.2. The van der Waals surface area contributed by atoms with E-state index in [1.54, 1.807) is 0 Å². The van der Waals surface area contributed by atoms with Gasteiger partial charge in [-0.1, -0.05) is 0 Å². The number of alkyl halides is 2. The highest BCUT2D eigenvalue weighted by molar-refractivity contribution is 7.90. The Hall–Kier alpha value is -2.62. The maximum absolute atomic E-state index is 13.6. The van der Waals surface area contributed by atoms with Gasteiger partial charge in [0.25, 0.3) is 5.78 Å². The maximum atomic E-state index is 13.6. The molecule has 0 saturated carbocycles. The Balaban J connectivity index is 2.17. The molecule has 0 saturated heterocycles. The Kier molecular flexibility index (Phi) is 3.75. The molecule has 0 radical (unpaired) electrons. The molecule has 10 heteroatoms. The number of sulfone groups is 1. The summed E-state index contributed by atoms with van der Waals surface area (Å²) in [7, 11) is -4.02. The van der Waals surface area contributed by atoms with Crippen LogP contribution in [0.1, 0.15) is 10.4 Å². The molecular weight excluding hydrogens is 368 g/mol. The van der Waals surface area contributed by atoms with Gasteiger partial charge in [0.1, 0.15) is 17.4 Å². The van der Waals surface area contributed by atoms with Crippen LogP contribution >= 0.6 is 0 Å². The van der Waals surface area contributed by atoms with Crippen LogP contribution in [-0.2, 0) is 9.84 Å². The molecule has 3 rings (SSSR count). The highest BCUT2D eigenvalue weighted by Crippen LogP contribution is 2.47. The molecule has 0 amide bonds. The molecule has 2 aromatic carbocycles. The molecule has 0 aliphatic carbocycles. The van der Waals surface area contributed by atoms with Crippen LogP contribution < -0.4 is 9.47 Å². The van der Waals surface area contributed by atoms with Crippen molar-refractivity contribution in [3.63, 3.8) is 0 Å². The summed E-state index contributed by atoms with van der Waals surface area (Å²) in [6.07, 6.45) is -3.55. The standard InChI is InChI=1S/C15H8F4O5S/c1-25(21,22)11-3-2-10(13-12(11)14(20)15(18,19)24-13)23-9-5-7(16)4-8(17)6-9/h2-6H,1H3. The SMILES string of the molecule is CS(=O)(=O)c1ccc(Oc2cc(F)cc(F)c2)c2c1C(=O)C(F)(F)O2. The molecule has 1 aliphatic heterocycles. The van der Waals surface area contributed by atoms with Crippen molar-refractivity contribution >= 4 is 15.6 Å². The van der Waals surface area contributed by atoms with Crippen LogP contribution in [0.3, 0.4) is 0 Å². The summed E-state index contributed by atoms with van der Waals surface area (Å²) < 4.78 is 86.4. The van der Waals surface area contributed by atoms with Gasteiger partial charge in [-0.25, -0.2) is 17.2 Å². The molecule has 0 fully saturated rings. The smallest absolute Gasteiger partial charge is 0.453 e. The average Bonchev–Trinajstić information content (AvgIpc) is 2.68. The van der Waals surface area contributed by atoms with E-state index < -0.39 is 61.1 Å². The van der Waals surface area contributed by atoms with E-state index in [1.807, 2.05) is 0 Å². The van der Waals surface area contributed by atoms with Gasteiger partial charge in [-0.15, -0.1) is 0 Å². The van der Waals surface area contributed by atoms with Gasteiger partial charge in [-0.05, 0) is 12.1 Å². The molecule has 1 aliphatic rings. The van der Waals surface area contributed by atoms with Crippen LogP contribution in [0.25, 0.3) is 0 Å². The lowest BCUT2D eigenvalue weighted by Gasteiger charge is -2.12. The fourth-order valence-electron chi connectivity index (χ4n) is 2.29. The third-order valence-electron chi connectivity index (χ3n) is 3.27. The first-order valence-electron chi connectivity index (χ1n) is 6.61. The predicted molar refractivity (Wildman–Crippen MR) is 75.9 cm³/mol. The maximum Gasteiger partial charge on any atom is 0.466 e. The molecule has 0 atom stereocenters. The van der Waals surface area contributed by atoms with Crippen LogP contribution in [0.5, 0.6) is 17.2 Å². The Morgan fingerprint density at radius 3 is 2.24 bits per heavy atom. The number of hydrogen-bond donors (Lipinski definition) is 0. The average molecular weight is 376 g/mol. The first-order valence-corrected chi connectivity index (χ1v) is 8.51. The zero-order chi connectivity index (χ0) is 18.6. The van der Waals surface area contributed by atoms with Crippen LogP contribution in [0.15, 0.2) is 35.2 Å². The number of ketones is 1. The molecule has 25 heavy (non-hydrogen) atoms. The van der Waals surface area contributed by atoms with Crippen molar-refractivity contribution in [2.24, 2.45) is 0 Å². The first kappa shape index (κ1) is 17.2. The number of hydrogen-bond acceptors (Lipinski definition) is 5. The Labute approximate surface area is 138 Å². The third kappa shape index (κ3) is 3.04. The van der Waals surface area contributed by atoms with Gasteiger partial charge in [-0.2, -0.15) is 8.78 Å². The van der Waals surface area contributed by atoms with Gasteiger partial charge in [-0.3, -0.25) is 4.79 Å². The van der Waals surface area contributed by atoms with Crippen molar-refractivity contribution < 1.29 is 40.2 Å². The Morgan fingerprint density at radius 1 is 1.08 bits per heavy atom. The fourth-order valence-corrected chi connectivity index (χ4v) is 3.16. The van der Waals surface area contributed by atoms with E-state index in [9.17, 15) is 30.8 Å². The van der Waals surface area contributed by atoms with Crippen LogP contribution in [0.4, 0.5) is 17.6 Å². The van der Waals surface area contributed by atoms with Crippen molar-refractivity contribution in [2.75, 3.05) is 6.26 Å². The van der Waals surface area contributed by atoms with E-state index in [2.05, 4.69) is 4.74 Å². The summed E-state index contributed by atoms with van der Waals surface area (Å²) in [4.78, 5) is 11.1. The monoisotopic (exact) mass is 376 g/mol. The summed E-state index contributed by atoms with van der Waals surface area (Å²) in [6, 6.07) is 3.94. The largest absolute Gasteiger partial charge is 0.466 e. The van der Waals surface area contributed by atoms with E-state index in [-0.39, 0.29) is 0 Å².